The van der Waals surface area contributed by atoms with Crippen LogP contribution in [-0.2, 0) is 4.79 Å². The molecule has 5 heteroatoms. The summed E-state index contributed by atoms with van der Waals surface area (Å²) in [6.07, 6.45) is 2.16. The second-order valence-corrected chi connectivity index (χ2v) is 4.21. The van der Waals surface area contributed by atoms with Gasteiger partial charge in [0.1, 0.15) is 5.75 Å². The number of amides is 1. The van der Waals surface area contributed by atoms with Crippen LogP contribution in [0, 0.1) is 0 Å². The Morgan fingerprint density at radius 1 is 1.39 bits per heavy atom. The smallest absolute Gasteiger partial charge is 0.258 e. The van der Waals surface area contributed by atoms with Crippen LogP contribution in [0.25, 0.3) is 0 Å². The van der Waals surface area contributed by atoms with Crippen molar-refractivity contribution in [2.24, 2.45) is 0 Å². The molecule has 100 valence electrons. The van der Waals surface area contributed by atoms with Gasteiger partial charge in [-0.25, -0.2) is 0 Å². The highest BCUT2D eigenvalue weighted by Gasteiger charge is 2.15. The van der Waals surface area contributed by atoms with Crippen molar-refractivity contribution >= 4 is 18.3 Å². The minimum atomic E-state index is -0.0532. The Balaban J connectivity index is 0.00000162. The first-order valence-electron chi connectivity index (χ1n) is 6.02. The Bertz CT molecular complexity index is 353. The van der Waals surface area contributed by atoms with Crippen LogP contribution in [0.15, 0.2) is 30.3 Å². The SMILES string of the molecule is Cl.O=C(COc1ccccc1)NC1CCCNC1. The maximum Gasteiger partial charge on any atom is 0.258 e. The van der Waals surface area contributed by atoms with Crippen molar-refractivity contribution in [2.45, 2.75) is 18.9 Å². The fourth-order valence-electron chi connectivity index (χ4n) is 1.91. The summed E-state index contributed by atoms with van der Waals surface area (Å²) in [5.74, 6) is 0.673. The van der Waals surface area contributed by atoms with E-state index in [2.05, 4.69) is 10.6 Å². The van der Waals surface area contributed by atoms with Gasteiger partial charge in [-0.3, -0.25) is 4.79 Å². The zero-order chi connectivity index (χ0) is 11.9. The summed E-state index contributed by atoms with van der Waals surface area (Å²) < 4.78 is 5.38. The standard InChI is InChI=1S/C13H18N2O2.ClH/c16-13(15-11-5-4-8-14-9-11)10-17-12-6-2-1-3-7-12;/h1-3,6-7,11,14H,4-5,8-10H2,(H,15,16);1H. The van der Waals surface area contributed by atoms with Gasteiger partial charge in [0.2, 0.25) is 0 Å². The summed E-state index contributed by atoms with van der Waals surface area (Å²) in [6, 6.07) is 9.62. The van der Waals surface area contributed by atoms with E-state index < -0.39 is 0 Å². The first-order chi connectivity index (χ1) is 8.34. The molecule has 0 aromatic heterocycles. The van der Waals surface area contributed by atoms with E-state index in [0.29, 0.717) is 0 Å². The third kappa shape index (κ3) is 4.94. The average Bonchev–Trinajstić information content (AvgIpc) is 2.39. The third-order valence-electron chi connectivity index (χ3n) is 2.78. The number of rotatable bonds is 4. The van der Waals surface area contributed by atoms with Gasteiger partial charge in [0.05, 0.1) is 0 Å². The molecule has 18 heavy (non-hydrogen) atoms. The van der Waals surface area contributed by atoms with Crippen LogP contribution >= 0.6 is 12.4 Å². The molecule has 0 spiro atoms. The topological polar surface area (TPSA) is 50.4 Å². The molecular weight excluding hydrogens is 252 g/mol. The monoisotopic (exact) mass is 270 g/mol. The molecule has 1 aliphatic rings. The highest BCUT2D eigenvalue weighted by Crippen LogP contribution is 2.08. The second kappa shape index (κ2) is 7.95. The largest absolute Gasteiger partial charge is 0.484 e. The molecule has 2 rings (SSSR count). The van der Waals surface area contributed by atoms with Crippen molar-refractivity contribution in [2.75, 3.05) is 19.7 Å². The lowest BCUT2D eigenvalue weighted by Crippen LogP contribution is -2.46. The molecule has 1 saturated heterocycles. The molecule has 2 N–H and O–H groups in total. The molecular formula is C13H19ClN2O2. The van der Waals surface area contributed by atoms with Crippen LogP contribution in [0.4, 0.5) is 0 Å². The molecule has 1 unspecified atom stereocenters. The number of hydrogen-bond donors (Lipinski definition) is 2. The van der Waals surface area contributed by atoms with E-state index in [-0.39, 0.29) is 31.0 Å². The van der Waals surface area contributed by atoms with E-state index >= 15 is 0 Å². The summed E-state index contributed by atoms with van der Waals surface area (Å²) in [7, 11) is 0. The number of nitrogens with one attached hydrogen (secondary N) is 2. The van der Waals surface area contributed by atoms with Crippen LogP contribution in [-0.4, -0.2) is 31.6 Å². The highest BCUT2D eigenvalue weighted by atomic mass is 35.5. The Labute approximate surface area is 114 Å². The molecule has 4 nitrogen and oxygen atoms in total. The Morgan fingerprint density at radius 3 is 2.83 bits per heavy atom. The number of halogens is 1. The maximum absolute atomic E-state index is 11.6. The lowest BCUT2D eigenvalue weighted by molar-refractivity contribution is -0.123. The van der Waals surface area contributed by atoms with Gasteiger partial charge >= 0.3 is 0 Å². The lowest BCUT2D eigenvalue weighted by Gasteiger charge is -2.23. The zero-order valence-electron chi connectivity index (χ0n) is 10.2. The molecule has 1 amide bonds. The summed E-state index contributed by atoms with van der Waals surface area (Å²) in [6.45, 7) is 1.99. The van der Waals surface area contributed by atoms with Gasteiger partial charge in [-0.05, 0) is 31.5 Å². The lowest BCUT2D eigenvalue weighted by atomic mass is 10.1. The predicted octanol–water partition coefficient (Wildman–Crippen LogP) is 1.36. The third-order valence-corrected chi connectivity index (χ3v) is 2.78. The zero-order valence-corrected chi connectivity index (χ0v) is 11.0. The van der Waals surface area contributed by atoms with E-state index in [1.165, 1.54) is 0 Å². The van der Waals surface area contributed by atoms with Crippen molar-refractivity contribution in [1.29, 1.82) is 0 Å². The van der Waals surface area contributed by atoms with Gasteiger partial charge in [-0.1, -0.05) is 18.2 Å². The fourth-order valence-corrected chi connectivity index (χ4v) is 1.91. The van der Waals surface area contributed by atoms with E-state index in [4.69, 9.17) is 4.74 Å². The highest BCUT2D eigenvalue weighted by molar-refractivity contribution is 5.85. The Kier molecular flexibility index (Phi) is 6.54. The Morgan fingerprint density at radius 2 is 2.17 bits per heavy atom. The van der Waals surface area contributed by atoms with Crippen LogP contribution in [0.3, 0.4) is 0 Å². The number of ether oxygens (including phenoxy) is 1. The normalized spacial score (nSPS) is 18.6. The number of carbonyl (C=O) groups excluding carboxylic acids is 1. The quantitative estimate of drug-likeness (QED) is 0.869. The van der Waals surface area contributed by atoms with E-state index in [1.807, 2.05) is 30.3 Å². The van der Waals surface area contributed by atoms with Crippen LogP contribution in [0.2, 0.25) is 0 Å². The summed E-state index contributed by atoms with van der Waals surface area (Å²) in [5, 5.41) is 6.22. The van der Waals surface area contributed by atoms with Gasteiger partial charge in [-0.2, -0.15) is 0 Å². The second-order valence-electron chi connectivity index (χ2n) is 4.21. The predicted molar refractivity (Wildman–Crippen MR) is 73.2 cm³/mol. The van der Waals surface area contributed by atoms with Gasteiger partial charge in [0, 0.05) is 12.6 Å². The van der Waals surface area contributed by atoms with E-state index in [1.54, 1.807) is 0 Å². The molecule has 1 fully saturated rings. The first-order valence-corrected chi connectivity index (χ1v) is 6.02. The maximum atomic E-state index is 11.6. The van der Waals surface area contributed by atoms with Gasteiger partial charge in [0.15, 0.2) is 6.61 Å². The number of hydrogen-bond acceptors (Lipinski definition) is 3. The van der Waals surface area contributed by atoms with Gasteiger partial charge < -0.3 is 15.4 Å². The van der Waals surface area contributed by atoms with Crippen molar-refractivity contribution < 1.29 is 9.53 Å². The first kappa shape index (κ1) is 14.8. The molecule has 1 aliphatic heterocycles. The summed E-state index contributed by atoms with van der Waals surface area (Å²) in [5.41, 5.74) is 0. The Hall–Kier alpha value is -1.26. The molecule has 1 atom stereocenters. The van der Waals surface area contributed by atoms with Crippen molar-refractivity contribution in [3.8, 4) is 5.75 Å². The van der Waals surface area contributed by atoms with Crippen LogP contribution in [0.5, 0.6) is 5.75 Å². The molecule has 0 bridgehead atoms. The molecule has 1 heterocycles. The summed E-state index contributed by atoms with van der Waals surface area (Å²) in [4.78, 5) is 11.6. The molecule has 1 aromatic rings. The van der Waals surface area contributed by atoms with Crippen LogP contribution in [0.1, 0.15) is 12.8 Å². The number of para-hydroxylation sites is 1. The van der Waals surface area contributed by atoms with Crippen LogP contribution < -0.4 is 15.4 Å². The van der Waals surface area contributed by atoms with Gasteiger partial charge in [-0.15, -0.1) is 12.4 Å². The molecule has 0 saturated carbocycles. The minimum absolute atomic E-state index is 0. The number of piperidine rings is 1. The fraction of sp³-hybridized carbons (Fsp3) is 0.462. The van der Waals surface area contributed by atoms with Crippen molar-refractivity contribution in [3.63, 3.8) is 0 Å². The molecule has 0 aliphatic carbocycles. The minimum Gasteiger partial charge on any atom is -0.484 e. The number of benzene rings is 1. The average molecular weight is 271 g/mol. The summed E-state index contributed by atoms with van der Waals surface area (Å²) >= 11 is 0. The molecule has 0 radical (unpaired) electrons. The van der Waals surface area contributed by atoms with E-state index in [9.17, 15) is 4.79 Å². The van der Waals surface area contributed by atoms with Crippen molar-refractivity contribution in [1.82, 2.24) is 10.6 Å². The molecule has 1 aromatic carbocycles. The van der Waals surface area contributed by atoms with Crippen molar-refractivity contribution in [3.05, 3.63) is 30.3 Å². The number of carbonyl (C=O) groups is 1. The van der Waals surface area contributed by atoms with E-state index in [0.717, 1.165) is 31.7 Å². The van der Waals surface area contributed by atoms with Gasteiger partial charge in [0.25, 0.3) is 5.91 Å².